The van der Waals surface area contributed by atoms with Crippen molar-refractivity contribution in [1.29, 1.82) is 0 Å². The van der Waals surface area contributed by atoms with Crippen molar-refractivity contribution < 1.29 is 18.7 Å². The fourth-order valence-electron chi connectivity index (χ4n) is 2.21. The van der Waals surface area contributed by atoms with Gasteiger partial charge in [-0.2, -0.15) is 0 Å². The Labute approximate surface area is 151 Å². The van der Waals surface area contributed by atoms with Crippen LogP contribution in [0.15, 0.2) is 48.5 Å². The predicted molar refractivity (Wildman–Crippen MR) is 97.7 cm³/mol. The number of ether oxygens (including phenoxy) is 1. The summed E-state index contributed by atoms with van der Waals surface area (Å²) < 4.78 is 18.2. The van der Waals surface area contributed by atoms with E-state index in [1.807, 2.05) is 6.92 Å². The molecular formula is C19H22FN3O3. The number of hydrogen-bond acceptors (Lipinski definition) is 3. The molecular weight excluding hydrogens is 337 g/mol. The van der Waals surface area contributed by atoms with E-state index in [-0.39, 0.29) is 24.4 Å². The number of halogens is 1. The van der Waals surface area contributed by atoms with Crippen molar-refractivity contribution in [3.8, 4) is 5.75 Å². The minimum absolute atomic E-state index is 0.0822. The zero-order valence-corrected chi connectivity index (χ0v) is 14.5. The first-order chi connectivity index (χ1) is 12.6. The van der Waals surface area contributed by atoms with Crippen LogP contribution in [-0.2, 0) is 11.2 Å². The summed E-state index contributed by atoms with van der Waals surface area (Å²) in [7, 11) is 0. The molecule has 0 saturated carbocycles. The lowest BCUT2D eigenvalue weighted by Gasteiger charge is -2.10. The van der Waals surface area contributed by atoms with E-state index in [9.17, 15) is 14.0 Å². The van der Waals surface area contributed by atoms with Crippen LogP contribution >= 0.6 is 0 Å². The van der Waals surface area contributed by atoms with Crippen LogP contribution in [-0.4, -0.2) is 31.6 Å². The van der Waals surface area contributed by atoms with Crippen LogP contribution in [0.4, 0.5) is 14.9 Å². The molecule has 0 radical (unpaired) electrons. The van der Waals surface area contributed by atoms with Gasteiger partial charge in [-0.25, -0.2) is 9.18 Å². The summed E-state index contributed by atoms with van der Waals surface area (Å²) in [6.45, 7) is 2.71. The van der Waals surface area contributed by atoms with E-state index in [1.165, 1.54) is 12.1 Å². The van der Waals surface area contributed by atoms with Gasteiger partial charge >= 0.3 is 6.03 Å². The maximum absolute atomic E-state index is 12.8. The Morgan fingerprint density at radius 3 is 2.58 bits per heavy atom. The molecule has 0 aliphatic heterocycles. The van der Waals surface area contributed by atoms with Crippen molar-refractivity contribution in [2.45, 2.75) is 13.3 Å². The standard InChI is InChI=1S/C19H22FN3O3/c1-2-21-18(24)13-26-17-5-3-4-16(12-17)23-19(25)22-11-10-14-6-8-15(20)9-7-14/h3-9,12H,2,10-11,13H2,1H3,(H,21,24)(H2,22,23,25). The molecule has 6 nitrogen and oxygen atoms in total. The summed E-state index contributed by atoms with van der Waals surface area (Å²) in [5, 5.41) is 8.07. The molecule has 0 bridgehead atoms. The maximum atomic E-state index is 12.8. The van der Waals surface area contributed by atoms with Gasteiger partial charge in [0.1, 0.15) is 11.6 Å². The number of carbonyl (C=O) groups excluding carboxylic acids is 2. The van der Waals surface area contributed by atoms with Gasteiger partial charge in [-0.05, 0) is 43.2 Å². The van der Waals surface area contributed by atoms with E-state index in [0.717, 1.165) is 5.56 Å². The summed E-state index contributed by atoms with van der Waals surface area (Å²) in [4.78, 5) is 23.3. The molecule has 0 unspecified atom stereocenters. The number of nitrogens with one attached hydrogen (secondary N) is 3. The second-order valence-corrected chi connectivity index (χ2v) is 5.53. The SMILES string of the molecule is CCNC(=O)COc1cccc(NC(=O)NCCc2ccc(F)cc2)c1. The van der Waals surface area contributed by atoms with Gasteiger partial charge in [0, 0.05) is 24.8 Å². The van der Waals surface area contributed by atoms with E-state index in [0.29, 0.717) is 30.9 Å². The molecule has 0 aliphatic carbocycles. The molecule has 26 heavy (non-hydrogen) atoms. The molecule has 0 saturated heterocycles. The third-order valence-corrected chi connectivity index (χ3v) is 3.45. The Hall–Kier alpha value is -3.09. The van der Waals surface area contributed by atoms with Crippen molar-refractivity contribution in [1.82, 2.24) is 10.6 Å². The molecule has 3 N–H and O–H groups in total. The van der Waals surface area contributed by atoms with Gasteiger partial charge in [0.15, 0.2) is 6.61 Å². The Morgan fingerprint density at radius 1 is 1.08 bits per heavy atom. The summed E-state index contributed by atoms with van der Waals surface area (Å²) in [5.74, 6) is -0.00140. The van der Waals surface area contributed by atoms with Gasteiger partial charge in [-0.3, -0.25) is 4.79 Å². The average Bonchev–Trinajstić information content (AvgIpc) is 2.62. The second kappa shape index (κ2) is 10.0. The van der Waals surface area contributed by atoms with Gasteiger partial charge in [-0.1, -0.05) is 18.2 Å². The lowest BCUT2D eigenvalue weighted by molar-refractivity contribution is -0.122. The van der Waals surface area contributed by atoms with Gasteiger partial charge in [0.2, 0.25) is 0 Å². The minimum Gasteiger partial charge on any atom is -0.484 e. The van der Waals surface area contributed by atoms with Crippen molar-refractivity contribution in [2.24, 2.45) is 0 Å². The first kappa shape index (κ1) is 19.2. The normalized spacial score (nSPS) is 10.1. The monoisotopic (exact) mass is 359 g/mol. The fourth-order valence-corrected chi connectivity index (χ4v) is 2.21. The molecule has 0 spiro atoms. The molecule has 7 heteroatoms. The van der Waals surface area contributed by atoms with E-state index >= 15 is 0 Å². The first-order valence-corrected chi connectivity index (χ1v) is 8.35. The van der Waals surface area contributed by atoms with Gasteiger partial charge < -0.3 is 20.7 Å². The summed E-state index contributed by atoms with van der Waals surface area (Å²) in [6, 6.07) is 12.6. The fraction of sp³-hybridized carbons (Fsp3) is 0.263. The number of carbonyl (C=O) groups is 2. The number of anilines is 1. The Morgan fingerprint density at radius 2 is 1.85 bits per heavy atom. The zero-order valence-electron chi connectivity index (χ0n) is 14.5. The minimum atomic E-state index is -0.354. The Bertz CT molecular complexity index is 735. The quantitative estimate of drug-likeness (QED) is 0.678. The molecule has 0 aliphatic rings. The van der Waals surface area contributed by atoms with Crippen LogP contribution in [0.2, 0.25) is 0 Å². The largest absolute Gasteiger partial charge is 0.484 e. The van der Waals surface area contributed by atoms with Crippen molar-refractivity contribution in [2.75, 3.05) is 25.0 Å². The second-order valence-electron chi connectivity index (χ2n) is 5.53. The number of benzene rings is 2. The highest BCUT2D eigenvalue weighted by atomic mass is 19.1. The van der Waals surface area contributed by atoms with E-state index in [2.05, 4.69) is 16.0 Å². The number of hydrogen-bond donors (Lipinski definition) is 3. The lowest BCUT2D eigenvalue weighted by atomic mass is 10.1. The molecule has 2 rings (SSSR count). The van der Waals surface area contributed by atoms with E-state index < -0.39 is 0 Å². The topological polar surface area (TPSA) is 79.5 Å². The highest BCUT2D eigenvalue weighted by molar-refractivity contribution is 5.89. The van der Waals surface area contributed by atoms with Crippen molar-refractivity contribution in [3.63, 3.8) is 0 Å². The number of likely N-dealkylation sites (N-methyl/N-ethyl adjacent to an activating group) is 1. The molecule has 2 aromatic rings. The molecule has 0 aromatic heterocycles. The van der Waals surface area contributed by atoms with Crippen LogP contribution in [0, 0.1) is 5.82 Å². The first-order valence-electron chi connectivity index (χ1n) is 8.35. The Kier molecular flexibility index (Phi) is 7.42. The number of amides is 3. The average molecular weight is 359 g/mol. The summed E-state index contributed by atoms with van der Waals surface area (Å²) in [5.41, 5.74) is 1.49. The summed E-state index contributed by atoms with van der Waals surface area (Å²) >= 11 is 0. The molecule has 0 atom stereocenters. The van der Waals surface area contributed by atoms with Crippen LogP contribution in [0.1, 0.15) is 12.5 Å². The van der Waals surface area contributed by atoms with Crippen molar-refractivity contribution in [3.05, 3.63) is 59.9 Å². The molecule has 2 aromatic carbocycles. The molecule has 0 heterocycles. The third kappa shape index (κ3) is 6.80. The molecule has 138 valence electrons. The predicted octanol–water partition coefficient (Wildman–Crippen LogP) is 2.70. The smallest absolute Gasteiger partial charge is 0.319 e. The highest BCUT2D eigenvalue weighted by Crippen LogP contribution is 2.17. The van der Waals surface area contributed by atoms with Gasteiger partial charge in [-0.15, -0.1) is 0 Å². The van der Waals surface area contributed by atoms with Crippen molar-refractivity contribution >= 4 is 17.6 Å². The zero-order chi connectivity index (χ0) is 18.8. The summed E-state index contributed by atoms with van der Waals surface area (Å²) in [6.07, 6.45) is 0.601. The van der Waals surface area contributed by atoms with Gasteiger partial charge in [0.25, 0.3) is 5.91 Å². The number of urea groups is 1. The third-order valence-electron chi connectivity index (χ3n) is 3.45. The molecule has 0 fully saturated rings. The molecule has 3 amide bonds. The van der Waals surface area contributed by atoms with Crippen LogP contribution in [0.3, 0.4) is 0 Å². The Balaban J connectivity index is 1.76. The van der Waals surface area contributed by atoms with Crippen LogP contribution in [0.5, 0.6) is 5.75 Å². The highest BCUT2D eigenvalue weighted by Gasteiger charge is 2.05. The number of rotatable bonds is 8. The van der Waals surface area contributed by atoms with E-state index in [1.54, 1.807) is 36.4 Å². The van der Waals surface area contributed by atoms with Crippen LogP contribution < -0.4 is 20.7 Å². The van der Waals surface area contributed by atoms with E-state index in [4.69, 9.17) is 4.74 Å². The van der Waals surface area contributed by atoms with Gasteiger partial charge in [0.05, 0.1) is 0 Å². The van der Waals surface area contributed by atoms with Crippen LogP contribution in [0.25, 0.3) is 0 Å². The lowest BCUT2D eigenvalue weighted by Crippen LogP contribution is -2.30. The maximum Gasteiger partial charge on any atom is 0.319 e.